The Labute approximate surface area is 242 Å². The van der Waals surface area contributed by atoms with Gasteiger partial charge in [0.25, 0.3) is 11.8 Å². The van der Waals surface area contributed by atoms with E-state index in [1.165, 1.54) is 12.1 Å². The van der Waals surface area contributed by atoms with Crippen molar-refractivity contribution in [2.75, 3.05) is 7.11 Å². The molecule has 0 aliphatic heterocycles. The van der Waals surface area contributed by atoms with Crippen molar-refractivity contribution in [3.63, 3.8) is 0 Å². The number of pyridine rings is 1. The topological polar surface area (TPSA) is 107 Å². The van der Waals surface area contributed by atoms with Crippen LogP contribution >= 0.6 is 0 Å². The fourth-order valence-electron chi connectivity index (χ4n) is 5.45. The van der Waals surface area contributed by atoms with Crippen LogP contribution in [0.5, 0.6) is 5.75 Å². The molecule has 2 heterocycles. The van der Waals surface area contributed by atoms with E-state index in [4.69, 9.17) is 14.9 Å². The first-order chi connectivity index (χ1) is 20.2. The number of carbonyl (C=O) groups excluding carboxylic acids is 2. The van der Waals surface area contributed by atoms with Crippen molar-refractivity contribution in [1.29, 1.82) is 0 Å². The number of rotatable bonds is 8. The fourth-order valence-corrected chi connectivity index (χ4v) is 5.45. The highest BCUT2D eigenvalue weighted by Gasteiger charge is 2.47. The number of aryl methyl sites for hydroxylation is 2. The number of carbonyl (C=O) groups is 2. The lowest BCUT2D eigenvalue weighted by molar-refractivity contribution is 0.0925. The standard InChI is InChI=1S/C34H30FN3O4/c1-19-15-28(41-3)26(33(40)38-34(13-14-34)29-6-4-5-20(2)37-29)18-23(19)16-21-7-12-27-25(17-21)30(32(36)39)31(42-27)22-8-10-24(35)11-9-22/h4-12,15,17-18H,13-14,16H2,1-3H3,(H2,36,39)(H,38,40). The zero-order valence-corrected chi connectivity index (χ0v) is 23.6. The molecule has 1 fully saturated rings. The molecular weight excluding hydrogens is 533 g/mol. The van der Waals surface area contributed by atoms with Crippen LogP contribution in [0.4, 0.5) is 4.39 Å². The largest absolute Gasteiger partial charge is 0.496 e. The summed E-state index contributed by atoms with van der Waals surface area (Å²) >= 11 is 0. The van der Waals surface area contributed by atoms with Crippen molar-refractivity contribution in [2.24, 2.45) is 5.73 Å². The quantitative estimate of drug-likeness (QED) is 0.228. The zero-order chi connectivity index (χ0) is 29.6. The molecule has 3 aromatic carbocycles. The number of amides is 2. The summed E-state index contributed by atoms with van der Waals surface area (Å²) < 4.78 is 25.1. The lowest BCUT2D eigenvalue weighted by Gasteiger charge is -2.19. The number of furan rings is 1. The van der Waals surface area contributed by atoms with Gasteiger partial charge >= 0.3 is 0 Å². The molecule has 0 spiro atoms. The van der Waals surface area contributed by atoms with Gasteiger partial charge < -0.3 is 20.2 Å². The number of primary amides is 1. The third kappa shape index (κ3) is 5.00. The smallest absolute Gasteiger partial charge is 0.255 e. The van der Waals surface area contributed by atoms with Crippen molar-refractivity contribution in [3.8, 4) is 17.1 Å². The average molecular weight is 564 g/mol. The molecule has 1 aliphatic rings. The minimum Gasteiger partial charge on any atom is -0.496 e. The summed E-state index contributed by atoms with van der Waals surface area (Å²) in [5.74, 6) is -0.459. The number of nitrogens with one attached hydrogen (secondary N) is 1. The molecule has 0 atom stereocenters. The van der Waals surface area contributed by atoms with Crippen molar-refractivity contribution >= 4 is 22.8 Å². The van der Waals surface area contributed by atoms with Crippen LogP contribution in [0.2, 0.25) is 0 Å². The SMILES string of the molecule is COc1cc(C)c(Cc2ccc3oc(-c4ccc(F)cc4)c(C(N)=O)c3c2)cc1C(=O)NC1(c2cccc(C)n2)CC1. The Morgan fingerprint density at radius 1 is 1.05 bits per heavy atom. The van der Waals surface area contributed by atoms with E-state index >= 15 is 0 Å². The van der Waals surface area contributed by atoms with Crippen LogP contribution < -0.4 is 15.8 Å². The predicted molar refractivity (Wildman–Crippen MR) is 158 cm³/mol. The highest BCUT2D eigenvalue weighted by molar-refractivity contribution is 6.10. The highest BCUT2D eigenvalue weighted by Crippen LogP contribution is 2.45. The second kappa shape index (κ2) is 10.4. The van der Waals surface area contributed by atoms with Gasteiger partial charge in [0.05, 0.1) is 29.5 Å². The van der Waals surface area contributed by atoms with Crippen LogP contribution in [0.3, 0.4) is 0 Å². The minimum atomic E-state index is -0.637. The second-order valence-corrected chi connectivity index (χ2v) is 10.9. The minimum absolute atomic E-state index is 0.223. The third-order valence-corrected chi connectivity index (χ3v) is 7.88. The average Bonchev–Trinajstić information content (AvgIpc) is 3.65. The molecule has 0 bridgehead atoms. The Balaban J connectivity index is 1.33. The molecule has 2 aromatic heterocycles. The summed E-state index contributed by atoms with van der Waals surface area (Å²) in [6.07, 6.45) is 2.14. The van der Waals surface area contributed by atoms with Gasteiger partial charge in [0.1, 0.15) is 22.9 Å². The number of nitrogens with zero attached hydrogens (tertiary/aromatic N) is 1. The summed E-state index contributed by atoms with van der Waals surface area (Å²) in [4.78, 5) is 30.8. The molecule has 1 aliphatic carbocycles. The van der Waals surface area contributed by atoms with Gasteiger partial charge in [-0.05, 0) is 110 Å². The molecule has 8 heteroatoms. The number of ether oxygens (including phenoxy) is 1. The van der Waals surface area contributed by atoms with E-state index in [0.29, 0.717) is 40.0 Å². The molecule has 0 saturated heterocycles. The summed E-state index contributed by atoms with van der Waals surface area (Å²) in [5.41, 5.74) is 11.6. The van der Waals surface area contributed by atoms with E-state index in [-0.39, 0.29) is 17.3 Å². The van der Waals surface area contributed by atoms with Crippen molar-refractivity contribution in [2.45, 2.75) is 38.6 Å². The monoisotopic (exact) mass is 563 g/mol. The number of nitrogens with two attached hydrogens (primary N) is 1. The van der Waals surface area contributed by atoms with Gasteiger partial charge in [-0.25, -0.2) is 4.39 Å². The summed E-state index contributed by atoms with van der Waals surface area (Å²) in [7, 11) is 1.55. The molecule has 0 unspecified atom stereocenters. The molecule has 3 N–H and O–H groups in total. The first kappa shape index (κ1) is 27.2. The number of aromatic nitrogens is 1. The van der Waals surface area contributed by atoms with Crippen molar-refractivity contribution < 1.29 is 23.1 Å². The number of methoxy groups -OCH3 is 1. The Kier molecular flexibility index (Phi) is 6.77. The van der Waals surface area contributed by atoms with Gasteiger partial charge in [-0.3, -0.25) is 14.6 Å². The van der Waals surface area contributed by atoms with E-state index in [0.717, 1.165) is 40.9 Å². The summed E-state index contributed by atoms with van der Waals surface area (Å²) in [5, 5.41) is 3.78. The van der Waals surface area contributed by atoms with Gasteiger partial charge in [0.2, 0.25) is 0 Å². The number of hydrogen-bond acceptors (Lipinski definition) is 5. The molecule has 2 amide bonds. The normalized spacial score (nSPS) is 13.6. The molecule has 6 rings (SSSR count). The number of fused-ring (bicyclic) bond motifs is 1. The Morgan fingerprint density at radius 2 is 1.81 bits per heavy atom. The van der Waals surface area contributed by atoms with Gasteiger partial charge in [0, 0.05) is 16.6 Å². The van der Waals surface area contributed by atoms with Gasteiger partial charge in [-0.2, -0.15) is 0 Å². The maximum Gasteiger partial charge on any atom is 0.255 e. The van der Waals surface area contributed by atoms with Gasteiger partial charge in [-0.1, -0.05) is 12.1 Å². The van der Waals surface area contributed by atoms with Gasteiger partial charge in [0.15, 0.2) is 0 Å². The lowest BCUT2D eigenvalue weighted by atomic mass is 9.95. The predicted octanol–water partition coefficient (Wildman–Crippen LogP) is 6.37. The maximum absolute atomic E-state index is 13.6. The highest BCUT2D eigenvalue weighted by atomic mass is 19.1. The van der Waals surface area contributed by atoms with Crippen LogP contribution in [0, 0.1) is 19.7 Å². The van der Waals surface area contributed by atoms with Crippen LogP contribution in [0.25, 0.3) is 22.3 Å². The van der Waals surface area contributed by atoms with E-state index in [1.807, 2.05) is 56.3 Å². The summed E-state index contributed by atoms with van der Waals surface area (Å²) in [6.45, 7) is 3.91. The van der Waals surface area contributed by atoms with Crippen LogP contribution in [-0.2, 0) is 12.0 Å². The number of hydrogen-bond donors (Lipinski definition) is 2. The van der Waals surface area contributed by atoms with Crippen molar-refractivity contribution in [3.05, 3.63) is 118 Å². The third-order valence-electron chi connectivity index (χ3n) is 7.88. The van der Waals surface area contributed by atoms with Crippen LogP contribution in [0.15, 0.2) is 77.2 Å². The number of halogens is 1. The first-order valence-corrected chi connectivity index (χ1v) is 13.7. The molecule has 0 radical (unpaired) electrons. The molecule has 7 nitrogen and oxygen atoms in total. The van der Waals surface area contributed by atoms with E-state index < -0.39 is 11.4 Å². The van der Waals surface area contributed by atoms with E-state index in [2.05, 4.69) is 10.3 Å². The molecule has 1 saturated carbocycles. The number of benzene rings is 3. The zero-order valence-electron chi connectivity index (χ0n) is 23.6. The molecular formula is C34H30FN3O4. The molecule has 5 aromatic rings. The molecule has 212 valence electrons. The Morgan fingerprint density at radius 3 is 2.48 bits per heavy atom. The van der Waals surface area contributed by atoms with Crippen LogP contribution in [0.1, 0.15) is 61.6 Å². The molecule has 42 heavy (non-hydrogen) atoms. The Bertz CT molecular complexity index is 1860. The van der Waals surface area contributed by atoms with E-state index in [9.17, 15) is 14.0 Å². The van der Waals surface area contributed by atoms with E-state index in [1.54, 1.807) is 25.3 Å². The van der Waals surface area contributed by atoms with Crippen molar-refractivity contribution in [1.82, 2.24) is 10.3 Å². The lowest BCUT2D eigenvalue weighted by Crippen LogP contribution is -2.36. The Hall–Kier alpha value is -4.98. The second-order valence-electron chi connectivity index (χ2n) is 10.9. The van der Waals surface area contributed by atoms with Gasteiger partial charge in [-0.15, -0.1) is 0 Å². The van der Waals surface area contributed by atoms with Crippen LogP contribution in [-0.4, -0.2) is 23.9 Å². The summed E-state index contributed by atoms with van der Waals surface area (Å²) in [6, 6.07) is 20.9. The first-order valence-electron chi connectivity index (χ1n) is 13.7. The fraction of sp³-hybridized carbons (Fsp3) is 0.206. The maximum atomic E-state index is 13.6.